The van der Waals surface area contributed by atoms with Gasteiger partial charge in [0.15, 0.2) is 0 Å². The first kappa shape index (κ1) is 18.0. The summed E-state index contributed by atoms with van der Waals surface area (Å²) < 4.78 is 0. The molecule has 25 heavy (non-hydrogen) atoms. The first-order valence-corrected chi connectivity index (χ1v) is 9.45. The molecule has 0 saturated heterocycles. The van der Waals surface area contributed by atoms with E-state index in [0.717, 1.165) is 28.7 Å². The van der Waals surface area contributed by atoms with E-state index in [4.69, 9.17) is 0 Å². The van der Waals surface area contributed by atoms with Gasteiger partial charge >= 0.3 is 0 Å². The summed E-state index contributed by atoms with van der Waals surface area (Å²) in [6.45, 7) is 6.17. The van der Waals surface area contributed by atoms with Crippen molar-refractivity contribution in [3.8, 4) is 0 Å². The number of nitrogens with zero attached hydrogens (tertiary/aromatic N) is 1. The highest BCUT2D eigenvalue weighted by Crippen LogP contribution is 2.49. The molecule has 1 N–H and O–H groups in total. The van der Waals surface area contributed by atoms with Gasteiger partial charge in [-0.25, -0.2) is 0 Å². The van der Waals surface area contributed by atoms with Crippen molar-refractivity contribution in [2.45, 2.75) is 52.9 Å². The van der Waals surface area contributed by atoms with Crippen LogP contribution in [0, 0.1) is 38.5 Å². The number of fused-ring (bicyclic) bond motifs is 2. The fourth-order valence-corrected chi connectivity index (χ4v) is 4.87. The quantitative estimate of drug-likeness (QED) is 0.884. The minimum Gasteiger partial charge on any atom is -0.336 e. The highest BCUT2D eigenvalue weighted by atomic mass is 16.2. The third kappa shape index (κ3) is 4.05. The molecular formula is C21H30N2O2. The standard InChI is InChI=1S/C21H30N2O2/c1-13-7-14(2)21(15(3)8-13)22-19(24)12-23(4)20(25)11-18-10-16-5-6-17(18)9-16/h7-8,16-18H,5-6,9-12H2,1-4H3,(H,22,24)/t16-,17-,18-/m1/s1. The van der Waals surface area contributed by atoms with Crippen molar-refractivity contribution in [3.05, 3.63) is 28.8 Å². The van der Waals surface area contributed by atoms with Gasteiger partial charge in [0.25, 0.3) is 0 Å². The largest absolute Gasteiger partial charge is 0.336 e. The van der Waals surface area contributed by atoms with Crippen LogP contribution >= 0.6 is 0 Å². The Morgan fingerprint density at radius 3 is 2.36 bits per heavy atom. The van der Waals surface area contributed by atoms with E-state index < -0.39 is 0 Å². The smallest absolute Gasteiger partial charge is 0.243 e. The van der Waals surface area contributed by atoms with Crippen molar-refractivity contribution in [2.24, 2.45) is 17.8 Å². The Kier molecular flexibility index (Phi) is 5.16. The average Bonchev–Trinajstić information content (AvgIpc) is 3.13. The third-order valence-corrected chi connectivity index (χ3v) is 6.07. The number of benzene rings is 1. The van der Waals surface area contributed by atoms with Crippen molar-refractivity contribution in [3.63, 3.8) is 0 Å². The van der Waals surface area contributed by atoms with Crippen molar-refractivity contribution >= 4 is 17.5 Å². The van der Waals surface area contributed by atoms with Crippen LogP contribution < -0.4 is 5.32 Å². The second kappa shape index (κ2) is 7.19. The van der Waals surface area contributed by atoms with Crippen LogP contribution in [-0.4, -0.2) is 30.3 Å². The van der Waals surface area contributed by atoms with Crippen LogP contribution in [0.2, 0.25) is 0 Å². The van der Waals surface area contributed by atoms with E-state index in [1.165, 1.54) is 31.2 Å². The summed E-state index contributed by atoms with van der Waals surface area (Å²) in [6.07, 6.45) is 5.77. The predicted octanol–water partition coefficient (Wildman–Crippen LogP) is 3.84. The fraction of sp³-hybridized carbons (Fsp3) is 0.619. The number of likely N-dealkylation sites (N-methyl/N-ethyl adjacent to an activating group) is 1. The van der Waals surface area contributed by atoms with Crippen LogP contribution in [0.15, 0.2) is 12.1 Å². The molecule has 2 aliphatic rings. The van der Waals surface area contributed by atoms with Gasteiger partial charge in [0.2, 0.25) is 11.8 Å². The molecule has 2 amide bonds. The Bertz CT molecular complexity index is 659. The number of nitrogens with one attached hydrogen (secondary N) is 1. The molecule has 1 aromatic rings. The number of anilines is 1. The molecular weight excluding hydrogens is 312 g/mol. The maximum Gasteiger partial charge on any atom is 0.243 e. The number of rotatable bonds is 5. The van der Waals surface area contributed by atoms with Gasteiger partial charge < -0.3 is 10.2 Å². The van der Waals surface area contributed by atoms with E-state index >= 15 is 0 Å². The lowest BCUT2D eigenvalue weighted by Crippen LogP contribution is -2.36. The van der Waals surface area contributed by atoms with Crippen molar-refractivity contribution in [1.29, 1.82) is 0 Å². The third-order valence-electron chi connectivity index (χ3n) is 6.07. The minimum atomic E-state index is -0.126. The molecule has 0 heterocycles. The Balaban J connectivity index is 1.53. The molecule has 0 aromatic heterocycles. The Morgan fingerprint density at radius 1 is 1.12 bits per heavy atom. The van der Waals surface area contributed by atoms with Crippen LogP contribution in [0.3, 0.4) is 0 Å². The van der Waals surface area contributed by atoms with Gasteiger partial charge in [0.1, 0.15) is 0 Å². The number of hydrogen-bond acceptors (Lipinski definition) is 2. The first-order valence-electron chi connectivity index (χ1n) is 9.45. The normalized spacial score (nSPS) is 24.4. The molecule has 2 bridgehead atoms. The Morgan fingerprint density at radius 2 is 1.80 bits per heavy atom. The number of amides is 2. The van der Waals surface area contributed by atoms with Gasteiger partial charge in [0.05, 0.1) is 6.54 Å². The van der Waals surface area contributed by atoms with Gasteiger partial charge in [0, 0.05) is 19.2 Å². The highest BCUT2D eigenvalue weighted by Gasteiger charge is 2.40. The predicted molar refractivity (Wildman–Crippen MR) is 100 cm³/mol. The molecule has 0 unspecified atom stereocenters. The molecule has 1 aromatic carbocycles. The molecule has 2 saturated carbocycles. The minimum absolute atomic E-state index is 0.102. The molecule has 0 radical (unpaired) electrons. The van der Waals surface area contributed by atoms with Gasteiger partial charge in [-0.15, -0.1) is 0 Å². The second-order valence-corrected chi connectivity index (χ2v) is 8.21. The topological polar surface area (TPSA) is 49.4 Å². The summed E-state index contributed by atoms with van der Waals surface area (Å²) in [6, 6.07) is 4.12. The highest BCUT2D eigenvalue weighted by molar-refractivity contribution is 5.95. The monoisotopic (exact) mass is 342 g/mol. The first-order chi connectivity index (χ1) is 11.8. The molecule has 3 atom stereocenters. The van der Waals surface area contributed by atoms with E-state index in [2.05, 4.69) is 17.4 Å². The molecule has 4 nitrogen and oxygen atoms in total. The molecule has 2 fully saturated rings. The van der Waals surface area contributed by atoms with Gasteiger partial charge in [-0.2, -0.15) is 0 Å². The van der Waals surface area contributed by atoms with Crippen molar-refractivity contribution in [2.75, 3.05) is 18.9 Å². The molecule has 2 aliphatic carbocycles. The SMILES string of the molecule is Cc1cc(C)c(NC(=O)CN(C)C(=O)C[C@H]2C[C@@H]3CC[C@@H]2C3)c(C)c1. The number of carbonyl (C=O) groups excluding carboxylic acids is 2. The van der Waals surface area contributed by atoms with E-state index in [9.17, 15) is 9.59 Å². The zero-order chi connectivity index (χ0) is 18.1. The van der Waals surface area contributed by atoms with Crippen LogP contribution in [0.25, 0.3) is 0 Å². The van der Waals surface area contributed by atoms with Crippen LogP contribution in [0.1, 0.15) is 48.8 Å². The van der Waals surface area contributed by atoms with Crippen LogP contribution in [0.5, 0.6) is 0 Å². The molecule has 0 spiro atoms. The lowest BCUT2D eigenvalue weighted by molar-refractivity contribution is -0.134. The van der Waals surface area contributed by atoms with Gasteiger partial charge in [-0.05, 0) is 68.9 Å². The average molecular weight is 342 g/mol. The van der Waals surface area contributed by atoms with Crippen LogP contribution in [-0.2, 0) is 9.59 Å². The van der Waals surface area contributed by atoms with E-state index in [1.54, 1.807) is 11.9 Å². The van der Waals surface area contributed by atoms with Crippen molar-refractivity contribution < 1.29 is 9.59 Å². The maximum atomic E-state index is 12.5. The van der Waals surface area contributed by atoms with Crippen molar-refractivity contribution in [1.82, 2.24) is 4.90 Å². The second-order valence-electron chi connectivity index (χ2n) is 8.21. The van der Waals surface area contributed by atoms with E-state index in [1.807, 2.05) is 20.8 Å². The molecule has 136 valence electrons. The number of hydrogen-bond donors (Lipinski definition) is 1. The molecule has 4 heteroatoms. The zero-order valence-corrected chi connectivity index (χ0v) is 15.9. The van der Waals surface area contributed by atoms with Gasteiger partial charge in [-0.3, -0.25) is 9.59 Å². The zero-order valence-electron chi connectivity index (χ0n) is 15.9. The molecule has 0 aliphatic heterocycles. The maximum absolute atomic E-state index is 12.5. The van der Waals surface area contributed by atoms with Crippen LogP contribution in [0.4, 0.5) is 5.69 Å². The lowest BCUT2D eigenvalue weighted by atomic mass is 9.86. The number of carbonyl (C=O) groups is 2. The lowest BCUT2D eigenvalue weighted by Gasteiger charge is -2.24. The summed E-state index contributed by atoms with van der Waals surface area (Å²) in [7, 11) is 1.74. The van der Waals surface area contributed by atoms with E-state index in [0.29, 0.717) is 12.3 Å². The summed E-state index contributed by atoms with van der Waals surface area (Å²) in [5.41, 5.74) is 4.17. The van der Waals surface area contributed by atoms with Gasteiger partial charge in [-0.1, -0.05) is 24.1 Å². The summed E-state index contributed by atoms with van der Waals surface area (Å²) >= 11 is 0. The summed E-state index contributed by atoms with van der Waals surface area (Å²) in [4.78, 5) is 26.4. The summed E-state index contributed by atoms with van der Waals surface area (Å²) in [5, 5.41) is 2.98. The number of aryl methyl sites for hydroxylation is 3. The Hall–Kier alpha value is -1.84. The Labute approximate surface area is 151 Å². The molecule has 3 rings (SSSR count). The summed E-state index contributed by atoms with van der Waals surface area (Å²) in [5.74, 6) is 2.11. The fourth-order valence-electron chi connectivity index (χ4n) is 4.87. The van der Waals surface area contributed by atoms with E-state index in [-0.39, 0.29) is 18.4 Å².